The second-order valence-corrected chi connectivity index (χ2v) is 8.73. The smallest absolute Gasteiger partial charge is 0.328 e. The first kappa shape index (κ1) is 18.3. The highest BCUT2D eigenvalue weighted by molar-refractivity contribution is 5.80. The van der Waals surface area contributed by atoms with Crippen molar-refractivity contribution in [3.05, 3.63) is 23.8 Å². The number of carbonyl (C=O) groups is 1. The molecule has 2 aliphatic rings. The molecule has 2 rings (SSSR count). The summed E-state index contributed by atoms with van der Waals surface area (Å²) in [5.41, 5.74) is 2.42. The number of aliphatic hydroxyl groups excluding tert-OH is 1. The van der Waals surface area contributed by atoms with Crippen LogP contribution in [0.15, 0.2) is 23.8 Å². The number of rotatable bonds is 4. The van der Waals surface area contributed by atoms with Gasteiger partial charge in [0.15, 0.2) is 0 Å². The van der Waals surface area contributed by atoms with Gasteiger partial charge in [-0.05, 0) is 68.1 Å². The number of hydrogen-bond donors (Lipinski definition) is 2. The molecule has 2 aliphatic carbocycles. The number of fused-ring (bicyclic) bond motifs is 1. The lowest BCUT2D eigenvalue weighted by atomic mass is 9.46. The van der Waals surface area contributed by atoms with Gasteiger partial charge >= 0.3 is 5.97 Å². The number of aliphatic carboxylic acids is 1. The van der Waals surface area contributed by atoms with Crippen molar-refractivity contribution in [2.24, 2.45) is 22.7 Å². The standard InChI is InChI=1S/C20H32O3/c1-13(10-18(22)23)6-8-16-14(2)7-9-17-19(3,4)11-15(21)12-20(16,17)5/h10,15-17,21H,2,6-9,11-12H2,1,3-5H3,(H,22,23)/b13-10+/t15-,16-,17-,20+/m1/s1. The van der Waals surface area contributed by atoms with Gasteiger partial charge in [0.1, 0.15) is 0 Å². The van der Waals surface area contributed by atoms with Crippen molar-refractivity contribution in [2.75, 3.05) is 0 Å². The summed E-state index contributed by atoms with van der Waals surface area (Å²) in [7, 11) is 0. The highest BCUT2D eigenvalue weighted by Gasteiger charge is 2.54. The van der Waals surface area contributed by atoms with E-state index >= 15 is 0 Å². The Hall–Kier alpha value is -1.09. The van der Waals surface area contributed by atoms with Gasteiger partial charge in [-0.15, -0.1) is 0 Å². The molecule has 0 saturated heterocycles. The maximum absolute atomic E-state index is 10.8. The van der Waals surface area contributed by atoms with Crippen LogP contribution in [0.2, 0.25) is 0 Å². The molecule has 2 N–H and O–H groups in total. The maximum Gasteiger partial charge on any atom is 0.328 e. The average Bonchev–Trinajstić information content (AvgIpc) is 2.34. The molecular weight excluding hydrogens is 288 g/mol. The molecule has 0 aliphatic heterocycles. The van der Waals surface area contributed by atoms with Gasteiger partial charge in [0.25, 0.3) is 0 Å². The van der Waals surface area contributed by atoms with E-state index in [0.717, 1.165) is 44.1 Å². The first-order valence-electron chi connectivity index (χ1n) is 8.82. The van der Waals surface area contributed by atoms with E-state index in [4.69, 9.17) is 5.11 Å². The van der Waals surface area contributed by atoms with Crippen molar-refractivity contribution in [3.63, 3.8) is 0 Å². The number of carboxylic acids is 1. The molecule has 3 heteroatoms. The summed E-state index contributed by atoms with van der Waals surface area (Å²) in [5, 5.41) is 19.3. The van der Waals surface area contributed by atoms with Crippen LogP contribution in [-0.2, 0) is 4.79 Å². The lowest BCUT2D eigenvalue weighted by Crippen LogP contribution is -2.53. The fraction of sp³-hybridized carbons (Fsp3) is 0.750. The minimum Gasteiger partial charge on any atom is -0.478 e. The Labute approximate surface area is 140 Å². The largest absolute Gasteiger partial charge is 0.478 e. The van der Waals surface area contributed by atoms with Crippen LogP contribution in [0.5, 0.6) is 0 Å². The fourth-order valence-electron chi connectivity index (χ4n) is 5.63. The van der Waals surface area contributed by atoms with E-state index < -0.39 is 5.97 Å². The number of aliphatic hydroxyl groups is 1. The molecule has 0 unspecified atom stereocenters. The molecule has 0 radical (unpaired) electrons. The molecule has 0 aromatic heterocycles. The third-order valence-electron chi connectivity index (χ3n) is 6.42. The molecule has 0 amide bonds. The highest BCUT2D eigenvalue weighted by Crippen LogP contribution is 2.61. The SMILES string of the molecule is C=C1CC[C@@H]2C(C)(C)C[C@@H](O)C[C@@]2(C)[C@@H]1CC/C(C)=C/C(=O)O. The Morgan fingerprint density at radius 1 is 1.35 bits per heavy atom. The number of hydrogen-bond acceptors (Lipinski definition) is 2. The first-order valence-corrected chi connectivity index (χ1v) is 8.82. The predicted octanol–water partition coefficient (Wildman–Crippen LogP) is 4.57. The summed E-state index contributed by atoms with van der Waals surface area (Å²) < 4.78 is 0. The Balaban J connectivity index is 2.22. The summed E-state index contributed by atoms with van der Waals surface area (Å²) in [5.74, 6) is 0.0913. The Morgan fingerprint density at radius 2 is 2.00 bits per heavy atom. The molecule has 2 saturated carbocycles. The minimum atomic E-state index is -0.872. The van der Waals surface area contributed by atoms with Gasteiger partial charge in [0, 0.05) is 6.08 Å². The van der Waals surface area contributed by atoms with Crippen LogP contribution in [0.25, 0.3) is 0 Å². The van der Waals surface area contributed by atoms with Crippen LogP contribution in [0, 0.1) is 22.7 Å². The van der Waals surface area contributed by atoms with Gasteiger partial charge in [-0.1, -0.05) is 38.5 Å². The van der Waals surface area contributed by atoms with Crippen molar-refractivity contribution in [1.29, 1.82) is 0 Å². The third kappa shape index (κ3) is 3.71. The summed E-state index contributed by atoms with van der Waals surface area (Å²) in [6.07, 6.45) is 6.73. The zero-order valence-corrected chi connectivity index (χ0v) is 15.1. The van der Waals surface area contributed by atoms with Gasteiger partial charge in [0.05, 0.1) is 6.10 Å². The van der Waals surface area contributed by atoms with Gasteiger partial charge in [-0.25, -0.2) is 4.79 Å². The quantitative estimate of drug-likeness (QED) is 0.589. The maximum atomic E-state index is 10.8. The molecule has 3 nitrogen and oxygen atoms in total. The van der Waals surface area contributed by atoms with Gasteiger partial charge < -0.3 is 10.2 Å². The molecular formula is C20H32O3. The van der Waals surface area contributed by atoms with E-state index in [9.17, 15) is 9.90 Å². The zero-order chi connectivity index (χ0) is 17.4. The topological polar surface area (TPSA) is 57.5 Å². The van der Waals surface area contributed by atoms with Gasteiger partial charge in [0.2, 0.25) is 0 Å². The number of allylic oxidation sites excluding steroid dienone is 2. The van der Waals surface area contributed by atoms with E-state index in [1.165, 1.54) is 11.6 Å². The lowest BCUT2D eigenvalue weighted by molar-refractivity contribution is -0.131. The summed E-state index contributed by atoms with van der Waals surface area (Å²) in [6.45, 7) is 13.1. The van der Waals surface area contributed by atoms with E-state index in [0.29, 0.717) is 11.8 Å². The zero-order valence-electron chi connectivity index (χ0n) is 15.1. The second-order valence-electron chi connectivity index (χ2n) is 8.73. The fourth-order valence-corrected chi connectivity index (χ4v) is 5.63. The van der Waals surface area contributed by atoms with Crippen LogP contribution < -0.4 is 0 Å². The van der Waals surface area contributed by atoms with Crippen molar-refractivity contribution >= 4 is 5.97 Å². The van der Waals surface area contributed by atoms with E-state index in [1.807, 2.05) is 6.92 Å². The predicted molar refractivity (Wildman–Crippen MR) is 93.1 cm³/mol. The normalized spacial score (nSPS) is 37.3. The van der Waals surface area contributed by atoms with Crippen molar-refractivity contribution in [3.8, 4) is 0 Å². The summed E-state index contributed by atoms with van der Waals surface area (Å²) in [4.78, 5) is 10.8. The first-order chi connectivity index (χ1) is 10.6. The molecule has 4 atom stereocenters. The second kappa shape index (κ2) is 6.43. The number of carboxylic acid groups (broad SMARTS) is 1. The molecule has 0 spiro atoms. The van der Waals surface area contributed by atoms with Crippen molar-refractivity contribution < 1.29 is 15.0 Å². The third-order valence-corrected chi connectivity index (χ3v) is 6.42. The van der Waals surface area contributed by atoms with Gasteiger partial charge in [-0.3, -0.25) is 0 Å². The molecule has 0 aromatic carbocycles. The molecule has 0 heterocycles. The Bertz CT molecular complexity index is 517. The van der Waals surface area contributed by atoms with E-state index in [2.05, 4.69) is 27.4 Å². The van der Waals surface area contributed by atoms with E-state index in [1.54, 1.807) is 0 Å². The monoisotopic (exact) mass is 320 g/mol. The average molecular weight is 320 g/mol. The minimum absolute atomic E-state index is 0.0694. The van der Waals surface area contributed by atoms with E-state index in [-0.39, 0.29) is 16.9 Å². The molecule has 0 bridgehead atoms. The Kier molecular flexibility index (Phi) is 5.10. The summed E-state index contributed by atoms with van der Waals surface area (Å²) in [6, 6.07) is 0. The lowest BCUT2D eigenvalue weighted by Gasteiger charge is -2.59. The van der Waals surface area contributed by atoms with Crippen LogP contribution in [0.1, 0.15) is 66.2 Å². The molecule has 2 fully saturated rings. The van der Waals surface area contributed by atoms with Crippen LogP contribution in [0.3, 0.4) is 0 Å². The van der Waals surface area contributed by atoms with Crippen LogP contribution in [-0.4, -0.2) is 22.3 Å². The van der Waals surface area contributed by atoms with Crippen molar-refractivity contribution in [2.45, 2.75) is 72.3 Å². The molecule has 23 heavy (non-hydrogen) atoms. The summed E-state index contributed by atoms with van der Waals surface area (Å²) >= 11 is 0. The van der Waals surface area contributed by atoms with Gasteiger partial charge in [-0.2, -0.15) is 0 Å². The van der Waals surface area contributed by atoms with Crippen LogP contribution >= 0.6 is 0 Å². The highest BCUT2D eigenvalue weighted by atomic mass is 16.4. The van der Waals surface area contributed by atoms with Crippen molar-refractivity contribution in [1.82, 2.24) is 0 Å². The van der Waals surface area contributed by atoms with Crippen LogP contribution in [0.4, 0.5) is 0 Å². The Morgan fingerprint density at radius 3 is 2.61 bits per heavy atom. The molecule has 130 valence electrons. The molecule has 0 aromatic rings.